The second-order valence-corrected chi connectivity index (χ2v) is 8.29. The summed E-state index contributed by atoms with van der Waals surface area (Å²) in [6.45, 7) is 9.97. The van der Waals surface area contributed by atoms with Gasteiger partial charge in [0, 0.05) is 35.6 Å². The van der Waals surface area contributed by atoms with Crippen LogP contribution in [0.5, 0.6) is 0 Å². The van der Waals surface area contributed by atoms with Crippen molar-refractivity contribution in [2.45, 2.75) is 18.2 Å². The minimum Gasteiger partial charge on any atom is -0.383 e. The molecule has 2 aromatic carbocycles. The molecule has 7 heteroatoms. The topological polar surface area (TPSA) is 36.1 Å². The van der Waals surface area contributed by atoms with Gasteiger partial charge in [-0.25, -0.2) is 8.78 Å². The summed E-state index contributed by atoms with van der Waals surface area (Å²) in [6.07, 6.45) is 0.868. The van der Waals surface area contributed by atoms with Crippen LogP contribution in [-0.2, 0) is 0 Å². The van der Waals surface area contributed by atoms with Crippen molar-refractivity contribution in [3.63, 3.8) is 0 Å². The van der Waals surface area contributed by atoms with Crippen LogP contribution in [0.2, 0.25) is 5.02 Å². The third-order valence-electron chi connectivity index (χ3n) is 4.81. The van der Waals surface area contributed by atoms with E-state index >= 15 is 0 Å². The summed E-state index contributed by atoms with van der Waals surface area (Å²) >= 11 is 12.6. The molecule has 2 unspecified atom stereocenters. The van der Waals surface area contributed by atoms with E-state index in [2.05, 4.69) is 29.1 Å². The Balaban J connectivity index is 1.80. The predicted molar refractivity (Wildman–Crippen MR) is 115 cm³/mol. The van der Waals surface area contributed by atoms with Gasteiger partial charge < -0.3 is 16.0 Å². The quantitative estimate of drug-likeness (QED) is 0.434. The van der Waals surface area contributed by atoms with E-state index in [1.54, 1.807) is 12.1 Å². The number of alkyl halides is 1. The third-order valence-corrected chi connectivity index (χ3v) is 5.56. The smallest absolute Gasteiger partial charge is 0.172 e. The zero-order valence-electron chi connectivity index (χ0n) is 15.6. The van der Waals surface area contributed by atoms with Crippen molar-refractivity contribution in [3.8, 4) is 0 Å². The van der Waals surface area contributed by atoms with Gasteiger partial charge in [-0.2, -0.15) is 0 Å². The van der Waals surface area contributed by atoms with Gasteiger partial charge in [-0.1, -0.05) is 24.8 Å². The van der Waals surface area contributed by atoms with E-state index in [0.29, 0.717) is 16.3 Å². The first-order valence-electron chi connectivity index (χ1n) is 8.70. The Labute approximate surface area is 173 Å². The molecule has 1 aliphatic carbocycles. The van der Waals surface area contributed by atoms with Gasteiger partial charge in [0.15, 0.2) is 5.82 Å². The lowest BCUT2D eigenvalue weighted by atomic mass is 10.1. The van der Waals surface area contributed by atoms with Gasteiger partial charge in [0.2, 0.25) is 0 Å². The van der Waals surface area contributed by atoms with Crippen molar-refractivity contribution in [2.75, 3.05) is 23.0 Å². The molecule has 1 aliphatic rings. The molecule has 1 fully saturated rings. The number of rotatable bonds is 7. The number of benzene rings is 2. The van der Waals surface area contributed by atoms with E-state index < -0.39 is 11.6 Å². The summed E-state index contributed by atoms with van der Waals surface area (Å²) in [4.78, 5) is -0.254. The molecular weight excluding hydrogens is 403 g/mol. The number of nitrogens with one attached hydrogen (secondary N) is 3. The SMILES string of the molecule is C=C(Nc1ccc(F)c(NC)c1F)c1cc(NC(=C)C2CC2(C)Cl)ccc1Cl. The highest BCUT2D eigenvalue weighted by molar-refractivity contribution is 6.32. The maximum Gasteiger partial charge on any atom is 0.172 e. The first kappa shape index (κ1) is 20.5. The molecule has 0 spiro atoms. The van der Waals surface area contributed by atoms with Gasteiger partial charge in [0.25, 0.3) is 0 Å². The zero-order valence-corrected chi connectivity index (χ0v) is 17.1. The second-order valence-electron chi connectivity index (χ2n) is 7.02. The van der Waals surface area contributed by atoms with Crippen LogP contribution in [0.3, 0.4) is 0 Å². The van der Waals surface area contributed by atoms with Gasteiger partial charge in [0.05, 0.1) is 15.6 Å². The molecule has 1 saturated carbocycles. The lowest BCUT2D eigenvalue weighted by Crippen LogP contribution is -2.07. The van der Waals surface area contributed by atoms with Gasteiger partial charge in [-0.05, 0) is 43.7 Å². The maximum absolute atomic E-state index is 14.5. The van der Waals surface area contributed by atoms with Crippen LogP contribution >= 0.6 is 23.2 Å². The Morgan fingerprint density at radius 2 is 1.86 bits per heavy atom. The van der Waals surface area contributed by atoms with Crippen molar-refractivity contribution in [1.82, 2.24) is 0 Å². The monoisotopic (exact) mass is 423 g/mol. The predicted octanol–water partition coefficient (Wildman–Crippen LogP) is 6.69. The molecule has 2 atom stereocenters. The maximum atomic E-state index is 14.5. The fourth-order valence-electron chi connectivity index (χ4n) is 3.04. The first-order chi connectivity index (χ1) is 13.1. The van der Waals surface area contributed by atoms with Gasteiger partial charge in [-0.3, -0.25) is 0 Å². The Bertz CT molecular complexity index is 957. The molecule has 28 heavy (non-hydrogen) atoms. The van der Waals surface area contributed by atoms with Gasteiger partial charge >= 0.3 is 0 Å². The fraction of sp³-hybridized carbons (Fsp3) is 0.238. The third kappa shape index (κ3) is 4.10. The summed E-state index contributed by atoms with van der Waals surface area (Å²) < 4.78 is 28.1. The lowest BCUT2D eigenvalue weighted by molar-refractivity contribution is 0.592. The normalized spacial score (nSPS) is 20.4. The van der Waals surface area contributed by atoms with Crippen LogP contribution < -0.4 is 16.0 Å². The highest BCUT2D eigenvalue weighted by atomic mass is 35.5. The van der Waals surface area contributed by atoms with E-state index in [0.717, 1.165) is 17.8 Å². The minimum absolute atomic E-state index is 0.0884. The van der Waals surface area contributed by atoms with Crippen LogP contribution in [-0.4, -0.2) is 11.9 Å². The van der Waals surface area contributed by atoms with Crippen molar-refractivity contribution < 1.29 is 8.78 Å². The van der Waals surface area contributed by atoms with Gasteiger partial charge in [0.1, 0.15) is 11.5 Å². The Morgan fingerprint density at radius 1 is 1.18 bits per heavy atom. The van der Waals surface area contributed by atoms with E-state index in [1.165, 1.54) is 19.2 Å². The molecule has 3 N–H and O–H groups in total. The van der Waals surface area contributed by atoms with Crippen molar-refractivity contribution in [2.24, 2.45) is 5.92 Å². The number of hydrogen-bond acceptors (Lipinski definition) is 3. The summed E-state index contributed by atoms with van der Waals surface area (Å²) in [5, 5.41) is 9.06. The molecule has 2 aromatic rings. The van der Waals surface area contributed by atoms with Gasteiger partial charge in [-0.15, -0.1) is 11.6 Å². The summed E-state index contributed by atoms with van der Waals surface area (Å²) in [5.74, 6) is -1.22. The number of halogens is 4. The number of hydrogen-bond donors (Lipinski definition) is 3. The van der Waals surface area contributed by atoms with E-state index in [1.807, 2.05) is 13.0 Å². The zero-order chi connectivity index (χ0) is 20.6. The van der Waals surface area contributed by atoms with E-state index in [9.17, 15) is 8.78 Å². The Hall–Kier alpha value is -2.24. The molecule has 0 bridgehead atoms. The average molecular weight is 424 g/mol. The summed E-state index contributed by atoms with van der Waals surface area (Å²) in [7, 11) is 1.45. The largest absolute Gasteiger partial charge is 0.383 e. The molecular formula is C21H21Cl2F2N3. The van der Waals surface area contributed by atoms with Crippen LogP contribution in [0.1, 0.15) is 18.9 Å². The minimum atomic E-state index is -0.738. The molecule has 148 valence electrons. The van der Waals surface area contributed by atoms with E-state index in [-0.39, 0.29) is 22.2 Å². The fourth-order valence-corrected chi connectivity index (χ4v) is 3.56. The second kappa shape index (κ2) is 7.64. The Morgan fingerprint density at radius 3 is 2.46 bits per heavy atom. The number of allylic oxidation sites excluding steroid dienone is 1. The van der Waals surface area contributed by atoms with E-state index in [4.69, 9.17) is 23.2 Å². The molecule has 0 radical (unpaired) electrons. The highest BCUT2D eigenvalue weighted by Crippen LogP contribution is 2.52. The van der Waals surface area contributed by atoms with Crippen molar-refractivity contribution in [1.29, 1.82) is 0 Å². The molecule has 0 aromatic heterocycles. The number of anilines is 3. The molecule has 0 saturated heterocycles. The standard InChI is InChI=1S/C21H21Cl2F2N3/c1-11(28-18-8-7-17(24)20(26-4)19(18)25)14-9-13(5-6-16(14)22)27-12(2)15-10-21(15,3)23/h5-9,15,26-28H,1-2,10H2,3-4H3. The molecule has 0 amide bonds. The molecule has 0 heterocycles. The summed E-state index contributed by atoms with van der Waals surface area (Å²) in [5.41, 5.74) is 2.42. The summed E-state index contributed by atoms with van der Waals surface area (Å²) in [6, 6.07) is 7.80. The average Bonchev–Trinajstić information content (AvgIpc) is 3.28. The van der Waals surface area contributed by atoms with Crippen molar-refractivity contribution in [3.05, 3.63) is 71.4 Å². The Kier molecular flexibility index (Phi) is 5.60. The first-order valence-corrected chi connectivity index (χ1v) is 9.46. The molecule has 3 rings (SSSR count). The van der Waals surface area contributed by atoms with Crippen LogP contribution in [0.4, 0.5) is 25.8 Å². The van der Waals surface area contributed by atoms with Crippen LogP contribution in [0.25, 0.3) is 5.70 Å². The van der Waals surface area contributed by atoms with Crippen molar-refractivity contribution >= 4 is 46.0 Å². The molecule has 0 aliphatic heterocycles. The van der Waals surface area contributed by atoms with Crippen LogP contribution in [0.15, 0.2) is 49.2 Å². The lowest BCUT2D eigenvalue weighted by Gasteiger charge is -2.16. The highest BCUT2D eigenvalue weighted by Gasteiger charge is 2.50. The van der Waals surface area contributed by atoms with Crippen LogP contribution in [0, 0.1) is 17.6 Å². The molecule has 3 nitrogen and oxygen atoms in total.